The van der Waals surface area contributed by atoms with E-state index >= 15 is 0 Å². The Morgan fingerprint density at radius 2 is 1.87 bits per heavy atom. The molecule has 0 saturated carbocycles. The zero-order valence-corrected chi connectivity index (χ0v) is 24.5. The van der Waals surface area contributed by atoms with Gasteiger partial charge < -0.3 is 29.7 Å². The van der Waals surface area contributed by atoms with Gasteiger partial charge in [-0.05, 0) is 82.9 Å². The fourth-order valence-electron chi connectivity index (χ4n) is 4.23. The molecule has 0 aromatic heterocycles. The number of nitrogens with one attached hydrogen (secondary N) is 2. The molecule has 0 radical (unpaired) electrons. The van der Waals surface area contributed by atoms with Gasteiger partial charge in [0.2, 0.25) is 5.91 Å². The molecule has 1 heterocycles. The molecular formula is C30H47N3O6. The van der Waals surface area contributed by atoms with Crippen LogP contribution in [-0.4, -0.2) is 54.8 Å². The highest BCUT2D eigenvalue weighted by molar-refractivity contribution is 5.76. The van der Waals surface area contributed by atoms with Gasteiger partial charge in [-0.15, -0.1) is 0 Å². The molecule has 1 fully saturated rings. The number of allylic oxidation sites excluding steroid dienone is 2. The predicted octanol–water partition coefficient (Wildman–Crippen LogP) is 5.96. The number of unbranched alkanes of at least 4 members (excludes halogenated alkanes) is 2. The van der Waals surface area contributed by atoms with Crippen molar-refractivity contribution in [2.24, 2.45) is 5.92 Å². The summed E-state index contributed by atoms with van der Waals surface area (Å²) in [7, 11) is 1.51. The molecule has 1 unspecified atom stereocenters. The number of hydrogen-bond donors (Lipinski definition) is 2. The molecule has 9 nitrogen and oxygen atoms in total. The van der Waals surface area contributed by atoms with Crippen molar-refractivity contribution in [2.75, 3.05) is 20.2 Å². The molecule has 1 aliphatic heterocycles. The fraction of sp³-hybridized carbons (Fsp3) is 0.633. The lowest BCUT2D eigenvalue weighted by atomic mass is 10.0. The van der Waals surface area contributed by atoms with E-state index in [2.05, 4.69) is 36.6 Å². The highest BCUT2D eigenvalue weighted by atomic mass is 16.6. The second-order valence-electron chi connectivity index (χ2n) is 11.3. The Balaban J connectivity index is 1.87. The first-order valence-electron chi connectivity index (χ1n) is 14.0. The highest BCUT2D eigenvalue weighted by Gasteiger charge is 2.29. The molecular weight excluding hydrogens is 498 g/mol. The van der Waals surface area contributed by atoms with E-state index in [1.165, 1.54) is 7.11 Å². The third-order valence-corrected chi connectivity index (χ3v) is 6.20. The number of rotatable bonds is 12. The number of piperidine rings is 1. The van der Waals surface area contributed by atoms with Gasteiger partial charge >= 0.3 is 12.2 Å². The first-order chi connectivity index (χ1) is 18.5. The first-order valence-corrected chi connectivity index (χ1v) is 14.0. The van der Waals surface area contributed by atoms with E-state index in [1.807, 2.05) is 0 Å². The van der Waals surface area contributed by atoms with Crippen LogP contribution in [-0.2, 0) is 16.1 Å². The normalized spacial score (nSPS) is 15.8. The molecule has 2 rings (SSSR count). The SMILES string of the molecule is COc1cc(CNC(=O)CCCC/C=C/C(C)C)ccc1OC(=O)N1CCCCC1CNC(=O)OC(C)(C)C. The van der Waals surface area contributed by atoms with E-state index in [1.54, 1.807) is 43.9 Å². The molecule has 0 bridgehead atoms. The Morgan fingerprint density at radius 3 is 2.56 bits per heavy atom. The highest BCUT2D eigenvalue weighted by Crippen LogP contribution is 2.29. The molecule has 1 aromatic rings. The lowest BCUT2D eigenvalue weighted by Crippen LogP contribution is -2.50. The molecule has 1 aliphatic rings. The van der Waals surface area contributed by atoms with Gasteiger partial charge in [-0.25, -0.2) is 9.59 Å². The zero-order valence-electron chi connectivity index (χ0n) is 24.5. The Hall–Kier alpha value is -3.23. The molecule has 1 atom stereocenters. The van der Waals surface area contributed by atoms with Crippen LogP contribution in [0.25, 0.3) is 0 Å². The molecule has 0 spiro atoms. The number of benzene rings is 1. The Morgan fingerprint density at radius 1 is 1.10 bits per heavy atom. The number of nitrogens with zero attached hydrogens (tertiary/aromatic N) is 1. The summed E-state index contributed by atoms with van der Waals surface area (Å²) >= 11 is 0. The lowest BCUT2D eigenvalue weighted by molar-refractivity contribution is -0.121. The van der Waals surface area contributed by atoms with Crippen molar-refractivity contribution < 1.29 is 28.6 Å². The van der Waals surface area contributed by atoms with Gasteiger partial charge in [0.1, 0.15) is 5.60 Å². The molecule has 1 saturated heterocycles. The van der Waals surface area contributed by atoms with E-state index in [-0.39, 0.29) is 18.5 Å². The molecule has 3 amide bonds. The van der Waals surface area contributed by atoms with Crippen LogP contribution >= 0.6 is 0 Å². The number of alkyl carbamates (subject to hydrolysis) is 1. The minimum Gasteiger partial charge on any atom is -0.493 e. The molecule has 2 N–H and O–H groups in total. The monoisotopic (exact) mass is 545 g/mol. The number of amides is 3. The number of methoxy groups -OCH3 is 1. The molecule has 1 aromatic carbocycles. The summed E-state index contributed by atoms with van der Waals surface area (Å²) in [6, 6.07) is 5.06. The van der Waals surface area contributed by atoms with Crippen LogP contribution in [0.5, 0.6) is 11.5 Å². The van der Waals surface area contributed by atoms with Crippen LogP contribution in [0.15, 0.2) is 30.4 Å². The van der Waals surface area contributed by atoms with E-state index in [0.717, 1.165) is 44.1 Å². The summed E-state index contributed by atoms with van der Waals surface area (Å²) in [6.45, 7) is 10.9. The first kappa shape index (κ1) is 32.0. The smallest absolute Gasteiger partial charge is 0.415 e. The average Bonchev–Trinajstić information content (AvgIpc) is 2.87. The Labute approximate surface area is 233 Å². The molecule has 9 heteroatoms. The van der Waals surface area contributed by atoms with Gasteiger partial charge in [-0.2, -0.15) is 0 Å². The van der Waals surface area contributed by atoms with Crippen molar-refractivity contribution >= 4 is 18.1 Å². The quantitative estimate of drug-likeness (QED) is 0.248. The largest absolute Gasteiger partial charge is 0.493 e. The third kappa shape index (κ3) is 12.4. The van der Waals surface area contributed by atoms with Gasteiger partial charge in [-0.1, -0.05) is 32.1 Å². The predicted molar refractivity (Wildman–Crippen MR) is 152 cm³/mol. The van der Waals surface area contributed by atoms with E-state index in [0.29, 0.717) is 36.9 Å². The van der Waals surface area contributed by atoms with Gasteiger partial charge in [0.15, 0.2) is 11.5 Å². The second-order valence-corrected chi connectivity index (χ2v) is 11.3. The van der Waals surface area contributed by atoms with Crippen molar-refractivity contribution in [3.8, 4) is 11.5 Å². The fourth-order valence-corrected chi connectivity index (χ4v) is 4.23. The average molecular weight is 546 g/mol. The van der Waals surface area contributed by atoms with Crippen molar-refractivity contribution in [3.05, 3.63) is 35.9 Å². The molecule has 0 aliphatic carbocycles. The van der Waals surface area contributed by atoms with Gasteiger partial charge in [0, 0.05) is 26.1 Å². The van der Waals surface area contributed by atoms with Crippen LogP contribution in [0.4, 0.5) is 9.59 Å². The second kappa shape index (κ2) is 16.0. The summed E-state index contributed by atoms with van der Waals surface area (Å²) in [4.78, 5) is 39.0. The van der Waals surface area contributed by atoms with E-state index in [4.69, 9.17) is 14.2 Å². The number of likely N-dealkylation sites (tertiary alicyclic amines) is 1. The summed E-state index contributed by atoms with van der Waals surface area (Å²) in [5, 5.41) is 5.70. The van der Waals surface area contributed by atoms with Crippen LogP contribution in [0.3, 0.4) is 0 Å². The summed E-state index contributed by atoms with van der Waals surface area (Å²) in [6.07, 6.45) is 9.25. The summed E-state index contributed by atoms with van der Waals surface area (Å²) in [5.41, 5.74) is 0.253. The van der Waals surface area contributed by atoms with Gasteiger partial charge in [0.05, 0.1) is 13.2 Å². The topological polar surface area (TPSA) is 106 Å². The van der Waals surface area contributed by atoms with Crippen molar-refractivity contribution in [1.29, 1.82) is 0 Å². The lowest BCUT2D eigenvalue weighted by Gasteiger charge is -2.35. The standard InChI is InChI=1S/C30H47N3O6/c1-22(2)13-9-7-8-10-15-27(34)31-20-23-16-17-25(26(19-23)37-6)38-29(36)33-18-12-11-14-24(33)21-32-28(35)39-30(3,4)5/h9,13,16-17,19,22,24H,7-8,10-12,14-15,18,20-21H2,1-6H3,(H,31,34)(H,32,35)/b13-9+. The van der Waals surface area contributed by atoms with Gasteiger partial charge in [-0.3, -0.25) is 4.79 Å². The third-order valence-electron chi connectivity index (χ3n) is 6.20. The van der Waals surface area contributed by atoms with Crippen molar-refractivity contribution in [2.45, 2.75) is 97.8 Å². The van der Waals surface area contributed by atoms with Crippen LogP contribution in [0, 0.1) is 5.92 Å². The van der Waals surface area contributed by atoms with Crippen LogP contribution in [0.2, 0.25) is 0 Å². The van der Waals surface area contributed by atoms with E-state index in [9.17, 15) is 14.4 Å². The van der Waals surface area contributed by atoms with Crippen molar-refractivity contribution in [3.63, 3.8) is 0 Å². The number of hydrogen-bond acceptors (Lipinski definition) is 6. The van der Waals surface area contributed by atoms with Crippen molar-refractivity contribution in [1.82, 2.24) is 15.5 Å². The van der Waals surface area contributed by atoms with Gasteiger partial charge in [0.25, 0.3) is 0 Å². The molecule has 39 heavy (non-hydrogen) atoms. The molecule has 218 valence electrons. The maximum Gasteiger partial charge on any atom is 0.415 e. The van der Waals surface area contributed by atoms with E-state index < -0.39 is 17.8 Å². The number of carbonyl (C=O) groups excluding carboxylic acids is 3. The van der Waals surface area contributed by atoms with Crippen LogP contribution < -0.4 is 20.1 Å². The summed E-state index contributed by atoms with van der Waals surface area (Å²) in [5.74, 6) is 1.27. The number of ether oxygens (including phenoxy) is 3. The number of carbonyl (C=O) groups is 3. The zero-order chi connectivity index (χ0) is 28.8. The Bertz CT molecular complexity index is 970. The Kier molecular flexibility index (Phi) is 13.1. The summed E-state index contributed by atoms with van der Waals surface area (Å²) < 4.78 is 16.5. The minimum absolute atomic E-state index is 0.00782. The van der Waals surface area contributed by atoms with Crippen LogP contribution in [0.1, 0.15) is 85.1 Å². The maximum atomic E-state index is 13.1. The maximum absolute atomic E-state index is 13.1. The minimum atomic E-state index is -0.592.